The van der Waals surface area contributed by atoms with Gasteiger partial charge in [0, 0.05) is 5.56 Å². The molecule has 0 radical (unpaired) electrons. The van der Waals surface area contributed by atoms with Crippen molar-refractivity contribution in [1.29, 1.82) is 0 Å². The van der Waals surface area contributed by atoms with Gasteiger partial charge in [0.15, 0.2) is 11.5 Å². The van der Waals surface area contributed by atoms with E-state index in [-0.39, 0.29) is 11.6 Å². The average Bonchev–Trinajstić information content (AvgIpc) is 2.49. The predicted molar refractivity (Wildman–Crippen MR) is 82.9 cm³/mol. The summed E-state index contributed by atoms with van der Waals surface area (Å²) >= 11 is 11.6. The van der Waals surface area contributed by atoms with Gasteiger partial charge in [0.25, 0.3) is 0 Å². The Morgan fingerprint density at radius 3 is 2.62 bits per heavy atom. The number of rotatable bonds is 6. The van der Waals surface area contributed by atoms with Crippen molar-refractivity contribution < 1.29 is 13.9 Å². The molecule has 0 bridgehead atoms. The van der Waals surface area contributed by atoms with Crippen LogP contribution in [-0.4, -0.2) is 6.61 Å². The summed E-state index contributed by atoms with van der Waals surface area (Å²) in [6, 6.07) is 10.1. The second-order valence-corrected chi connectivity index (χ2v) is 5.02. The Bertz CT molecular complexity index is 617. The van der Waals surface area contributed by atoms with Crippen molar-refractivity contribution in [2.24, 2.45) is 0 Å². The number of hydrogen-bond acceptors (Lipinski definition) is 2. The minimum Gasteiger partial charge on any atom is -0.490 e. The Hall–Kier alpha value is -1.45. The summed E-state index contributed by atoms with van der Waals surface area (Å²) in [5, 5.41) is 0.0925. The number of halogens is 3. The van der Waals surface area contributed by atoms with Crippen LogP contribution in [0.15, 0.2) is 36.4 Å². The summed E-state index contributed by atoms with van der Waals surface area (Å²) in [5.74, 6) is 1.06. The van der Waals surface area contributed by atoms with Gasteiger partial charge >= 0.3 is 0 Å². The van der Waals surface area contributed by atoms with Gasteiger partial charge in [0.2, 0.25) is 0 Å². The van der Waals surface area contributed by atoms with Crippen molar-refractivity contribution in [3.63, 3.8) is 0 Å². The van der Waals surface area contributed by atoms with Crippen LogP contribution in [0, 0.1) is 5.82 Å². The highest BCUT2D eigenvalue weighted by Gasteiger charge is 2.11. The Morgan fingerprint density at radius 2 is 1.95 bits per heavy atom. The molecule has 0 N–H and O–H groups in total. The molecule has 0 saturated carbocycles. The standard InChI is InChI=1S/C16H15Cl2FO2/c1-2-20-15-5-3-4-12(9-17)16(15)21-10-11-6-7-13(18)14(19)8-11/h3-8H,2,9-10H2,1H3. The first-order valence-corrected chi connectivity index (χ1v) is 7.44. The van der Waals surface area contributed by atoms with E-state index in [4.69, 9.17) is 32.7 Å². The predicted octanol–water partition coefficient (Wildman–Crippen LogP) is 5.20. The Kier molecular flexibility index (Phi) is 5.71. The van der Waals surface area contributed by atoms with Crippen molar-refractivity contribution in [3.05, 3.63) is 58.4 Å². The number of benzene rings is 2. The smallest absolute Gasteiger partial charge is 0.166 e. The number of alkyl halides is 1. The highest BCUT2D eigenvalue weighted by atomic mass is 35.5. The van der Waals surface area contributed by atoms with E-state index in [1.165, 1.54) is 12.1 Å². The molecule has 0 heterocycles. The molecule has 0 fully saturated rings. The molecule has 5 heteroatoms. The minimum atomic E-state index is -0.464. The summed E-state index contributed by atoms with van der Waals surface area (Å²) in [6.45, 7) is 2.63. The van der Waals surface area contributed by atoms with E-state index in [1.807, 2.05) is 25.1 Å². The highest BCUT2D eigenvalue weighted by Crippen LogP contribution is 2.33. The van der Waals surface area contributed by atoms with Crippen LogP contribution < -0.4 is 9.47 Å². The lowest BCUT2D eigenvalue weighted by molar-refractivity contribution is 0.267. The van der Waals surface area contributed by atoms with Crippen LogP contribution in [0.3, 0.4) is 0 Å². The number of hydrogen-bond donors (Lipinski definition) is 0. The summed E-state index contributed by atoms with van der Waals surface area (Å²) in [4.78, 5) is 0. The Balaban J connectivity index is 2.20. The summed E-state index contributed by atoms with van der Waals surface area (Å²) < 4.78 is 24.7. The van der Waals surface area contributed by atoms with E-state index < -0.39 is 5.82 Å². The first-order valence-electron chi connectivity index (χ1n) is 6.53. The largest absolute Gasteiger partial charge is 0.490 e. The maximum atomic E-state index is 13.4. The summed E-state index contributed by atoms with van der Waals surface area (Å²) in [5.41, 5.74) is 1.51. The zero-order valence-corrected chi connectivity index (χ0v) is 13.0. The van der Waals surface area contributed by atoms with Gasteiger partial charge in [-0.3, -0.25) is 0 Å². The first-order chi connectivity index (χ1) is 10.2. The molecule has 0 aliphatic rings. The van der Waals surface area contributed by atoms with Crippen molar-refractivity contribution in [2.45, 2.75) is 19.4 Å². The fraction of sp³-hybridized carbons (Fsp3) is 0.250. The highest BCUT2D eigenvalue weighted by molar-refractivity contribution is 6.30. The molecule has 2 rings (SSSR count). The summed E-state index contributed by atoms with van der Waals surface area (Å²) in [6.07, 6.45) is 0. The second-order valence-electron chi connectivity index (χ2n) is 4.35. The molecule has 21 heavy (non-hydrogen) atoms. The lowest BCUT2D eigenvalue weighted by Gasteiger charge is -2.15. The molecular weight excluding hydrogens is 314 g/mol. The lowest BCUT2D eigenvalue weighted by atomic mass is 10.2. The topological polar surface area (TPSA) is 18.5 Å². The monoisotopic (exact) mass is 328 g/mol. The zero-order chi connectivity index (χ0) is 15.2. The van der Waals surface area contributed by atoms with Gasteiger partial charge < -0.3 is 9.47 Å². The van der Waals surface area contributed by atoms with Crippen LogP contribution in [0.5, 0.6) is 11.5 Å². The van der Waals surface area contributed by atoms with E-state index in [0.29, 0.717) is 29.5 Å². The normalized spacial score (nSPS) is 10.5. The van der Waals surface area contributed by atoms with Crippen LogP contribution in [0.4, 0.5) is 4.39 Å². The van der Waals surface area contributed by atoms with E-state index in [9.17, 15) is 4.39 Å². The van der Waals surface area contributed by atoms with Crippen molar-refractivity contribution >= 4 is 23.2 Å². The third-order valence-corrected chi connectivity index (χ3v) is 3.47. The molecule has 0 aliphatic carbocycles. The van der Waals surface area contributed by atoms with Gasteiger partial charge in [-0.1, -0.05) is 29.8 Å². The Labute approximate surface area is 133 Å². The maximum absolute atomic E-state index is 13.4. The van der Waals surface area contributed by atoms with E-state index in [0.717, 1.165) is 5.56 Å². The molecule has 0 aliphatic heterocycles. The third kappa shape index (κ3) is 4.02. The molecule has 112 valence electrons. The molecule has 0 amide bonds. The molecule has 0 aromatic heterocycles. The van der Waals surface area contributed by atoms with Gasteiger partial charge in [-0.15, -0.1) is 11.6 Å². The SMILES string of the molecule is CCOc1cccc(CCl)c1OCc1ccc(Cl)c(F)c1. The fourth-order valence-electron chi connectivity index (χ4n) is 1.88. The van der Waals surface area contributed by atoms with Crippen LogP contribution >= 0.6 is 23.2 Å². The van der Waals surface area contributed by atoms with Gasteiger partial charge in [-0.05, 0) is 30.7 Å². The average molecular weight is 329 g/mol. The lowest BCUT2D eigenvalue weighted by Crippen LogP contribution is -2.02. The molecule has 2 nitrogen and oxygen atoms in total. The molecule has 2 aromatic rings. The third-order valence-electron chi connectivity index (χ3n) is 2.87. The molecule has 2 aromatic carbocycles. The maximum Gasteiger partial charge on any atom is 0.166 e. The van der Waals surface area contributed by atoms with Gasteiger partial charge in [0.1, 0.15) is 12.4 Å². The van der Waals surface area contributed by atoms with Crippen molar-refractivity contribution in [3.8, 4) is 11.5 Å². The van der Waals surface area contributed by atoms with Gasteiger partial charge in [-0.2, -0.15) is 0 Å². The minimum absolute atomic E-state index is 0.0925. The van der Waals surface area contributed by atoms with Gasteiger partial charge in [-0.25, -0.2) is 4.39 Å². The molecule has 0 unspecified atom stereocenters. The van der Waals surface area contributed by atoms with Crippen LogP contribution in [0.2, 0.25) is 5.02 Å². The van der Waals surface area contributed by atoms with Crippen LogP contribution in [0.25, 0.3) is 0 Å². The van der Waals surface area contributed by atoms with Crippen LogP contribution in [-0.2, 0) is 12.5 Å². The first kappa shape index (κ1) is 15.9. The number of ether oxygens (including phenoxy) is 2. The van der Waals surface area contributed by atoms with Crippen molar-refractivity contribution in [1.82, 2.24) is 0 Å². The Morgan fingerprint density at radius 1 is 1.14 bits per heavy atom. The second kappa shape index (κ2) is 7.53. The quantitative estimate of drug-likeness (QED) is 0.679. The molecule has 0 spiro atoms. The van der Waals surface area contributed by atoms with E-state index in [1.54, 1.807) is 6.07 Å². The molecule has 0 atom stereocenters. The summed E-state index contributed by atoms with van der Waals surface area (Å²) in [7, 11) is 0. The van der Waals surface area contributed by atoms with Crippen molar-refractivity contribution in [2.75, 3.05) is 6.61 Å². The zero-order valence-electron chi connectivity index (χ0n) is 11.5. The molecular formula is C16H15Cl2FO2. The van der Waals surface area contributed by atoms with Gasteiger partial charge in [0.05, 0.1) is 17.5 Å². The number of para-hydroxylation sites is 1. The van der Waals surface area contributed by atoms with E-state index >= 15 is 0 Å². The fourth-order valence-corrected chi connectivity index (χ4v) is 2.21. The van der Waals surface area contributed by atoms with Crippen LogP contribution in [0.1, 0.15) is 18.1 Å². The van der Waals surface area contributed by atoms with E-state index in [2.05, 4.69) is 0 Å². The molecule has 0 saturated heterocycles.